The lowest BCUT2D eigenvalue weighted by molar-refractivity contribution is -0.128. The predicted octanol–water partition coefficient (Wildman–Crippen LogP) is 4.14. The van der Waals surface area contributed by atoms with Crippen molar-refractivity contribution in [1.29, 1.82) is 0 Å². The van der Waals surface area contributed by atoms with Crippen molar-refractivity contribution in [1.82, 2.24) is 9.97 Å². The smallest absolute Gasteiger partial charge is 0.267 e. The summed E-state index contributed by atoms with van der Waals surface area (Å²) < 4.78 is 18.7. The number of halogens is 1. The molecule has 1 amide bonds. The van der Waals surface area contributed by atoms with E-state index < -0.39 is 5.60 Å². The molecule has 0 fully saturated rings. The van der Waals surface area contributed by atoms with Crippen molar-refractivity contribution >= 4 is 17.5 Å². The molecule has 150 valence electrons. The van der Waals surface area contributed by atoms with Gasteiger partial charge in [-0.25, -0.2) is 14.4 Å². The number of amides is 1. The Bertz CT molecular complexity index is 969. The molecule has 0 bridgehead atoms. The maximum absolute atomic E-state index is 13.0. The summed E-state index contributed by atoms with van der Waals surface area (Å²) in [5.74, 6) is 0.388. The van der Waals surface area contributed by atoms with Crippen LogP contribution in [0.25, 0.3) is 11.1 Å². The molecule has 0 atom stereocenters. The molecule has 3 aromatic rings. The fourth-order valence-corrected chi connectivity index (χ4v) is 2.57. The summed E-state index contributed by atoms with van der Waals surface area (Å²) in [6.07, 6.45) is 3.52. The van der Waals surface area contributed by atoms with E-state index in [1.54, 1.807) is 38.4 Å². The van der Waals surface area contributed by atoms with E-state index >= 15 is 0 Å². The van der Waals surface area contributed by atoms with Crippen LogP contribution in [0, 0.1) is 5.82 Å². The molecule has 0 unspecified atom stereocenters. The molecule has 1 aromatic heterocycles. The summed E-state index contributed by atoms with van der Waals surface area (Å²) in [6, 6.07) is 12.9. The molecule has 1 heterocycles. The molecule has 3 rings (SSSR count). The lowest BCUT2D eigenvalue weighted by Crippen LogP contribution is -2.42. The van der Waals surface area contributed by atoms with Crippen LogP contribution in [0.1, 0.15) is 13.8 Å². The Morgan fingerprint density at radius 2 is 1.55 bits per heavy atom. The average molecular weight is 394 g/mol. The van der Waals surface area contributed by atoms with Crippen molar-refractivity contribution in [2.45, 2.75) is 19.4 Å². The van der Waals surface area contributed by atoms with Crippen LogP contribution in [0.15, 0.2) is 60.9 Å². The van der Waals surface area contributed by atoms with Gasteiger partial charge in [-0.2, -0.15) is 0 Å². The fourth-order valence-electron chi connectivity index (χ4n) is 2.57. The van der Waals surface area contributed by atoms with Crippen LogP contribution in [0.2, 0.25) is 0 Å². The summed E-state index contributed by atoms with van der Waals surface area (Å²) >= 11 is 0. The first-order valence-electron chi connectivity index (χ1n) is 9.10. The van der Waals surface area contributed by atoms with Crippen molar-refractivity contribution in [3.8, 4) is 16.9 Å². The zero-order valence-electron chi connectivity index (χ0n) is 16.8. The van der Waals surface area contributed by atoms with Gasteiger partial charge in [0.1, 0.15) is 11.6 Å². The lowest BCUT2D eigenvalue weighted by atomic mass is 10.1. The Morgan fingerprint density at radius 1 is 0.966 bits per heavy atom. The van der Waals surface area contributed by atoms with Gasteiger partial charge in [0.05, 0.1) is 0 Å². The third-order valence-corrected chi connectivity index (χ3v) is 4.25. The Kier molecular flexibility index (Phi) is 5.77. The molecular weight excluding hydrogens is 371 g/mol. The molecule has 0 aliphatic rings. The predicted molar refractivity (Wildman–Crippen MR) is 112 cm³/mol. The van der Waals surface area contributed by atoms with Crippen LogP contribution in [-0.4, -0.2) is 35.6 Å². The Morgan fingerprint density at radius 3 is 2.10 bits per heavy atom. The maximum Gasteiger partial charge on any atom is 0.267 e. The van der Waals surface area contributed by atoms with Crippen molar-refractivity contribution in [2.24, 2.45) is 0 Å². The molecule has 0 radical (unpaired) electrons. The topological polar surface area (TPSA) is 67.4 Å². The number of benzene rings is 2. The number of nitrogens with zero attached hydrogens (tertiary/aromatic N) is 3. The maximum atomic E-state index is 13.0. The molecule has 0 saturated heterocycles. The van der Waals surface area contributed by atoms with E-state index in [0.29, 0.717) is 17.4 Å². The lowest BCUT2D eigenvalue weighted by Gasteiger charge is -2.25. The van der Waals surface area contributed by atoms with Crippen molar-refractivity contribution in [3.05, 3.63) is 66.7 Å². The second-order valence-electron chi connectivity index (χ2n) is 7.26. The van der Waals surface area contributed by atoms with Gasteiger partial charge in [-0.15, -0.1) is 0 Å². The zero-order chi connectivity index (χ0) is 21.0. The molecule has 0 spiro atoms. The summed E-state index contributed by atoms with van der Waals surface area (Å²) in [5.41, 5.74) is 1.33. The SMILES string of the molecule is CN(C)c1ncc(-c2ccc(NC(=O)C(C)(C)Oc3ccc(F)cc3)cc2)cn1. The minimum absolute atomic E-state index is 0.312. The molecule has 0 saturated carbocycles. The van der Waals surface area contributed by atoms with E-state index in [0.717, 1.165) is 11.1 Å². The van der Waals surface area contributed by atoms with Crippen molar-refractivity contribution in [3.63, 3.8) is 0 Å². The molecule has 1 N–H and O–H groups in total. The van der Waals surface area contributed by atoms with Gasteiger partial charge in [-0.05, 0) is 55.8 Å². The van der Waals surface area contributed by atoms with E-state index in [1.807, 2.05) is 31.1 Å². The first-order chi connectivity index (χ1) is 13.7. The molecule has 0 aliphatic carbocycles. The van der Waals surface area contributed by atoms with E-state index in [4.69, 9.17) is 4.74 Å². The van der Waals surface area contributed by atoms with Crippen LogP contribution >= 0.6 is 0 Å². The van der Waals surface area contributed by atoms with Crippen LogP contribution in [0.3, 0.4) is 0 Å². The highest BCUT2D eigenvalue weighted by Crippen LogP contribution is 2.23. The molecular formula is C22H23FN4O2. The normalized spacial score (nSPS) is 11.1. The summed E-state index contributed by atoms with van der Waals surface area (Å²) in [4.78, 5) is 23.1. The third-order valence-electron chi connectivity index (χ3n) is 4.25. The number of aromatic nitrogens is 2. The minimum atomic E-state index is -1.13. The summed E-state index contributed by atoms with van der Waals surface area (Å²) in [6.45, 7) is 3.31. The van der Waals surface area contributed by atoms with Crippen molar-refractivity contribution < 1.29 is 13.9 Å². The summed E-state index contributed by atoms with van der Waals surface area (Å²) in [7, 11) is 3.77. The van der Waals surface area contributed by atoms with E-state index in [9.17, 15) is 9.18 Å². The minimum Gasteiger partial charge on any atom is -0.478 e. The van der Waals surface area contributed by atoms with Gasteiger partial charge in [-0.3, -0.25) is 4.79 Å². The number of anilines is 2. The standard InChI is InChI=1S/C22H23FN4O2/c1-22(2,29-19-11-7-17(23)8-12-19)20(28)26-18-9-5-15(6-10-18)16-13-24-21(25-14-16)27(3)4/h5-14H,1-4H3,(H,26,28). The highest BCUT2D eigenvalue weighted by atomic mass is 19.1. The van der Waals surface area contributed by atoms with Crippen LogP contribution in [-0.2, 0) is 4.79 Å². The molecule has 2 aromatic carbocycles. The van der Waals surface area contributed by atoms with Gasteiger partial charge >= 0.3 is 0 Å². The highest BCUT2D eigenvalue weighted by Gasteiger charge is 2.30. The van der Waals surface area contributed by atoms with E-state index in [2.05, 4.69) is 15.3 Å². The number of ether oxygens (including phenoxy) is 1. The average Bonchev–Trinajstić information content (AvgIpc) is 2.70. The zero-order valence-corrected chi connectivity index (χ0v) is 16.8. The van der Waals surface area contributed by atoms with Gasteiger partial charge in [0.25, 0.3) is 5.91 Å². The number of carbonyl (C=O) groups is 1. The van der Waals surface area contributed by atoms with Crippen LogP contribution < -0.4 is 15.0 Å². The number of carbonyl (C=O) groups excluding carboxylic acids is 1. The first kappa shape index (κ1) is 20.3. The largest absolute Gasteiger partial charge is 0.478 e. The van der Waals surface area contributed by atoms with Crippen LogP contribution in [0.4, 0.5) is 16.0 Å². The number of nitrogens with one attached hydrogen (secondary N) is 1. The second kappa shape index (κ2) is 8.26. The van der Waals surface area contributed by atoms with Crippen molar-refractivity contribution in [2.75, 3.05) is 24.3 Å². The van der Waals surface area contributed by atoms with Gasteiger partial charge in [0, 0.05) is 37.7 Å². The second-order valence-corrected chi connectivity index (χ2v) is 7.26. The Hall–Kier alpha value is -3.48. The van der Waals surface area contributed by atoms with Gasteiger partial charge in [0.2, 0.25) is 5.95 Å². The molecule has 29 heavy (non-hydrogen) atoms. The highest BCUT2D eigenvalue weighted by molar-refractivity contribution is 5.97. The molecule has 7 heteroatoms. The van der Waals surface area contributed by atoms with E-state index in [1.165, 1.54) is 24.3 Å². The first-order valence-corrected chi connectivity index (χ1v) is 9.10. The van der Waals surface area contributed by atoms with E-state index in [-0.39, 0.29) is 11.7 Å². The molecule has 0 aliphatic heterocycles. The number of rotatable bonds is 6. The molecule has 6 nitrogen and oxygen atoms in total. The summed E-state index contributed by atoms with van der Waals surface area (Å²) in [5, 5.41) is 2.84. The Balaban J connectivity index is 1.66. The third kappa shape index (κ3) is 5.07. The Labute approximate surface area is 169 Å². The monoisotopic (exact) mass is 394 g/mol. The van der Waals surface area contributed by atoms with Gasteiger partial charge in [0.15, 0.2) is 5.60 Å². The fraction of sp³-hybridized carbons (Fsp3) is 0.227. The van der Waals surface area contributed by atoms with Gasteiger partial charge < -0.3 is 15.0 Å². The number of hydrogen-bond acceptors (Lipinski definition) is 5. The quantitative estimate of drug-likeness (QED) is 0.680. The van der Waals surface area contributed by atoms with Crippen LogP contribution in [0.5, 0.6) is 5.75 Å². The van der Waals surface area contributed by atoms with Gasteiger partial charge in [-0.1, -0.05) is 12.1 Å². The number of hydrogen-bond donors (Lipinski definition) is 1.